The van der Waals surface area contributed by atoms with Gasteiger partial charge >= 0.3 is 0 Å². The number of fused-ring (bicyclic) bond motifs is 1. The molecule has 0 spiro atoms. The Morgan fingerprint density at radius 1 is 1.23 bits per heavy atom. The molecule has 0 bridgehead atoms. The highest BCUT2D eigenvalue weighted by molar-refractivity contribution is 6.03. The van der Waals surface area contributed by atoms with Gasteiger partial charge in [0.25, 0.3) is 0 Å². The third-order valence-corrected chi connectivity index (χ3v) is 6.67. The van der Waals surface area contributed by atoms with Gasteiger partial charge in [0, 0.05) is 42.1 Å². The molecule has 1 saturated heterocycles. The summed E-state index contributed by atoms with van der Waals surface area (Å²) in [5, 5.41) is 14.0. The number of Topliss-reactive ketones (excluding diaryl/α,β-unsaturated/α-hetero) is 1. The van der Waals surface area contributed by atoms with E-state index in [1.54, 1.807) is 42.0 Å². The van der Waals surface area contributed by atoms with E-state index in [1.807, 2.05) is 25.1 Å². The van der Waals surface area contributed by atoms with Gasteiger partial charge in [0.15, 0.2) is 17.2 Å². The highest BCUT2D eigenvalue weighted by atomic mass is 19.1. The number of carbonyl (C=O) groups excluding carboxylic acids is 1. The van der Waals surface area contributed by atoms with Gasteiger partial charge in [-0.25, -0.2) is 14.4 Å². The third-order valence-electron chi connectivity index (χ3n) is 6.67. The summed E-state index contributed by atoms with van der Waals surface area (Å²) in [5.41, 5.74) is 4.06. The maximum atomic E-state index is 14.6. The molecule has 0 saturated carbocycles. The number of aliphatic hydroxyl groups is 1. The summed E-state index contributed by atoms with van der Waals surface area (Å²) in [5.74, 6) is 0.113. The van der Waals surface area contributed by atoms with Gasteiger partial charge in [0.05, 0.1) is 24.2 Å². The van der Waals surface area contributed by atoms with Crippen LogP contribution in [0, 0.1) is 12.7 Å². The predicted molar refractivity (Wildman–Crippen MR) is 132 cm³/mol. The molecule has 8 heteroatoms. The number of hydrogen-bond acceptors (Lipinski definition) is 6. The standard InChI is InChI=1S/C27H27FN4O3/c1-4-19-20(22-14-30-26-25(28)16(2)9-11-32(22)26)6-7-21(24(19)17(3)33)31-23-8-5-18(13-29-23)27(34)10-12-35-15-27/h5-9,11,13-14,34H,4,10,12,15H2,1-3H3,(H,29,31)/t27-/m1/s1. The van der Waals surface area contributed by atoms with Gasteiger partial charge in [0.2, 0.25) is 0 Å². The quantitative estimate of drug-likeness (QED) is 0.384. The van der Waals surface area contributed by atoms with Crippen molar-refractivity contribution in [2.75, 3.05) is 18.5 Å². The lowest BCUT2D eigenvalue weighted by Gasteiger charge is -2.21. The van der Waals surface area contributed by atoms with Crippen molar-refractivity contribution in [3.05, 3.63) is 77.0 Å². The van der Waals surface area contributed by atoms with E-state index in [4.69, 9.17) is 4.74 Å². The Morgan fingerprint density at radius 2 is 2.06 bits per heavy atom. The van der Waals surface area contributed by atoms with E-state index in [2.05, 4.69) is 15.3 Å². The SMILES string of the molecule is CCc1c(-c2cnc3c(F)c(C)ccn23)ccc(Nc2ccc([C@@]3(O)CCOC3)cn2)c1C(C)=O. The molecule has 1 fully saturated rings. The molecule has 7 nitrogen and oxygen atoms in total. The average molecular weight is 475 g/mol. The van der Waals surface area contributed by atoms with E-state index in [0.29, 0.717) is 47.6 Å². The normalized spacial score (nSPS) is 17.7. The topological polar surface area (TPSA) is 88.8 Å². The van der Waals surface area contributed by atoms with Crippen LogP contribution in [0.3, 0.4) is 0 Å². The van der Waals surface area contributed by atoms with Crippen LogP contribution in [0.5, 0.6) is 0 Å². The minimum absolute atomic E-state index is 0.0870. The van der Waals surface area contributed by atoms with Crippen LogP contribution in [0.1, 0.15) is 47.3 Å². The van der Waals surface area contributed by atoms with Crippen molar-refractivity contribution in [1.82, 2.24) is 14.4 Å². The molecule has 1 aromatic carbocycles. The second kappa shape index (κ2) is 8.87. The molecular formula is C27H27FN4O3. The number of benzene rings is 1. The van der Waals surface area contributed by atoms with Gasteiger partial charge < -0.3 is 15.2 Å². The van der Waals surface area contributed by atoms with Gasteiger partial charge in [-0.3, -0.25) is 9.20 Å². The molecule has 1 atom stereocenters. The summed E-state index contributed by atoms with van der Waals surface area (Å²) in [4.78, 5) is 21.5. The monoisotopic (exact) mass is 474 g/mol. The number of ether oxygens (including phenoxy) is 1. The van der Waals surface area contributed by atoms with Crippen molar-refractivity contribution in [3.63, 3.8) is 0 Å². The summed E-state index contributed by atoms with van der Waals surface area (Å²) in [6, 6.07) is 9.07. The van der Waals surface area contributed by atoms with Gasteiger partial charge in [-0.2, -0.15) is 0 Å². The first kappa shape index (κ1) is 23.1. The molecule has 4 aromatic rings. The maximum absolute atomic E-state index is 14.6. The zero-order valence-electron chi connectivity index (χ0n) is 19.9. The first-order valence-corrected chi connectivity index (χ1v) is 11.7. The van der Waals surface area contributed by atoms with Crippen LogP contribution in [0.4, 0.5) is 15.9 Å². The smallest absolute Gasteiger partial charge is 0.173 e. The molecule has 2 N–H and O–H groups in total. The summed E-state index contributed by atoms with van der Waals surface area (Å²) in [6.07, 6.45) is 6.20. The second-order valence-electron chi connectivity index (χ2n) is 8.97. The number of pyridine rings is 2. The van der Waals surface area contributed by atoms with Crippen LogP contribution in [0.25, 0.3) is 16.9 Å². The fourth-order valence-electron chi connectivity index (χ4n) is 4.73. The van der Waals surface area contributed by atoms with Crippen molar-refractivity contribution in [1.29, 1.82) is 0 Å². The fourth-order valence-corrected chi connectivity index (χ4v) is 4.73. The van der Waals surface area contributed by atoms with Crippen LogP contribution in [0.2, 0.25) is 0 Å². The zero-order valence-corrected chi connectivity index (χ0v) is 19.9. The Bertz CT molecular complexity index is 1420. The number of nitrogens with zero attached hydrogens (tertiary/aromatic N) is 3. The highest BCUT2D eigenvalue weighted by Crippen LogP contribution is 2.35. The number of nitrogens with one attached hydrogen (secondary N) is 1. The van der Waals surface area contributed by atoms with Gasteiger partial charge in [-0.15, -0.1) is 0 Å². The Hall–Kier alpha value is -3.62. The first-order valence-electron chi connectivity index (χ1n) is 11.7. The molecule has 0 aliphatic carbocycles. The molecule has 3 aromatic heterocycles. The molecule has 0 amide bonds. The third kappa shape index (κ3) is 3.98. The molecule has 1 aliphatic heterocycles. The molecular weight excluding hydrogens is 447 g/mol. The van der Waals surface area contributed by atoms with Crippen LogP contribution in [0.15, 0.2) is 48.9 Å². The summed E-state index contributed by atoms with van der Waals surface area (Å²) in [7, 11) is 0. The maximum Gasteiger partial charge on any atom is 0.173 e. The number of carbonyl (C=O) groups is 1. The van der Waals surface area contributed by atoms with Gasteiger partial charge in [-0.05, 0) is 49.6 Å². The van der Waals surface area contributed by atoms with Gasteiger partial charge in [0.1, 0.15) is 11.4 Å². The van der Waals surface area contributed by atoms with Crippen molar-refractivity contribution >= 4 is 22.9 Å². The Balaban J connectivity index is 1.54. The molecule has 1 aliphatic rings. The van der Waals surface area contributed by atoms with E-state index in [9.17, 15) is 14.3 Å². The lowest BCUT2D eigenvalue weighted by molar-refractivity contribution is 0.0229. The lowest BCUT2D eigenvalue weighted by Crippen LogP contribution is -2.25. The number of halogens is 1. The van der Waals surface area contributed by atoms with Crippen LogP contribution in [-0.4, -0.2) is 38.5 Å². The number of aryl methyl sites for hydroxylation is 1. The van der Waals surface area contributed by atoms with E-state index < -0.39 is 5.60 Å². The van der Waals surface area contributed by atoms with E-state index in [1.165, 1.54) is 6.92 Å². The second-order valence-corrected chi connectivity index (χ2v) is 8.97. The fraction of sp³-hybridized carbons (Fsp3) is 0.296. The largest absolute Gasteiger partial charge is 0.383 e. The highest BCUT2D eigenvalue weighted by Gasteiger charge is 2.34. The van der Waals surface area contributed by atoms with Crippen molar-refractivity contribution in [2.45, 2.75) is 39.2 Å². The number of anilines is 2. The number of hydrogen-bond donors (Lipinski definition) is 2. The van der Waals surface area contributed by atoms with Gasteiger partial charge in [-0.1, -0.05) is 19.1 Å². The molecule has 0 radical (unpaired) electrons. The number of aromatic nitrogens is 3. The lowest BCUT2D eigenvalue weighted by atomic mass is 9.93. The minimum Gasteiger partial charge on any atom is -0.383 e. The number of rotatable bonds is 6. The van der Waals surface area contributed by atoms with E-state index >= 15 is 0 Å². The Labute approximate surface area is 202 Å². The molecule has 35 heavy (non-hydrogen) atoms. The number of imidazole rings is 1. The summed E-state index contributed by atoms with van der Waals surface area (Å²) >= 11 is 0. The zero-order chi connectivity index (χ0) is 24.7. The average Bonchev–Trinajstić information content (AvgIpc) is 3.49. The Kier molecular flexibility index (Phi) is 5.86. The van der Waals surface area contributed by atoms with Crippen LogP contribution < -0.4 is 5.32 Å². The first-order chi connectivity index (χ1) is 16.8. The van der Waals surface area contributed by atoms with Crippen LogP contribution >= 0.6 is 0 Å². The minimum atomic E-state index is -1.01. The molecule has 4 heterocycles. The molecule has 180 valence electrons. The van der Waals surface area contributed by atoms with Crippen molar-refractivity contribution in [3.8, 4) is 11.3 Å². The molecule has 5 rings (SSSR count). The molecule has 0 unspecified atom stereocenters. The predicted octanol–water partition coefficient (Wildman–Crippen LogP) is 4.96. The summed E-state index contributed by atoms with van der Waals surface area (Å²) in [6.45, 7) is 6.00. The Morgan fingerprint density at radius 3 is 2.71 bits per heavy atom. The summed E-state index contributed by atoms with van der Waals surface area (Å²) < 4.78 is 21.6. The number of ketones is 1. The van der Waals surface area contributed by atoms with Crippen molar-refractivity contribution < 1.29 is 19.0 Å². The van der Waals surface area contributed by atoms with Crippen LogP contribution in [-0.2, 0) is 16.8 Å². The van der Waals surface area contributed by atoms with E-state index in [0.717, 1.165) is 16.8 Å². The van der Waals surface area contributed by atoms with Crippen molar-refractivity contribution in [2.24, 2.45) is 0 Å². The van der Waals surface area contributed by atoms with E-state index in [-0.39, 0.29) is 23.9 Å².